The minimum absolute atomic E-state index is 0.0782. The second-order valence-electron chi connectivity index (χ2n) is 5.89. The molecule has 126 valence electrons. The molecule has 0 aliphatic carbocycles. The Kier molecular flexibility index (Phi) is 5.19. The molecule has 2 aromatic rings. The summed E-state index contributed by atoms with van der Waals surface area (Å²) in [4.78, 5) is 14.5. The van der Waals surface area contributed by atoms with Crippen molar-refractivity contribution in [1.82, 2.24) is 0 Å². The van der Waals surface area contributed by atoms with Crippen LogP contribution in [0, 0.1) is 5.82 Å². The Balaban J connectivity index is 1.69. The monoisotopic (exact) mass is 391 g/mol. The van der Waals surface area contributed by atoms with Gasteiger partial charge in [0.1, 0.15) is 0 Å². The maximum Gasteiger partial charge on any atom is 0.227 e. The van der Waals surface area contributed by atoms with Crippen LogP contribution in [-0.4, -0.2) is 19.6 Å². The third-order valence-electron chi connectivity index (χ3n) is 4.30. The average molecular weight is 392 g/mol. The number of fused-ring (bicyclic) bond motifs is 1. The molecule has 0 radical (unpaired) electrons. The predicted octanol–water partition coefficient (Wildman–Crippen LogP) is 4.51. The van der Waals surface area contributed by atoms with E-state index in [0.717, 1.165) is 35.1 Å². The van der Waals surface area contributed by atoms with Gasteiger partial charge in [0, 0.05) is 23.1 Å². The largest absolute Gasteiger partial charge is 0.494 e. The van der Waals surface area contributed by atoms with Crippen LogP contribution in [0.15, 0.2) is 40.9 Å². The standard InChI is InChI=1S/C19H19BrFNO2/c1-24-18-8-4-13(11-16(18)21)5-9-19(23)22-10-2-3-14-12-15(20)6-7-17(14)22/h4,6-8,11-12H,2-3,5,9-10H2,1H3. The summed E-state index contributed by atoms with van der Waals surface area (Å²) in [6.45, 7) is 0.741. The topological polar surface area (TPSA) is 29.5 Å². The number of hydrogen-bond acceptors (Lipinski definition) is 2. The van der Waals surface area contributed by atoms with E-state index in [1.54, 1.807) is 12.1 Å². The Morgan fingerprint density at radius 2 is 2.12 bits per heavy atom. The molecule has 0 fully saturated rings. The molecule has 0 atom stereocenters. The number of halogens is 2. The first-order valence-corrected chi connectivity index (χ1v) is 8.79. The van der Waals surface area contributed by atoms with Gasteiger partial charge in [0.2, 0.25) is 5.91 Å². The zero-order chi connectivity index (χ0) is 17.1. The van der Waals surface area contributed by atoms with E-state index in [9.17, 15) is 9.18 Å². The smallest absolute Gasteiger partial charge is 0.227 e. The number of anilines is 1. The van der Waals surface area contributed by atoms with Gasteiger partial charge >= 0.3 is 0 Å². The molecule has 1 amide bonds. The Morgan fingerprint density at radius 1 is 1.29 bits per heavy atom. The molecule has 1 aliphatic heterocycles. The summed E-state index contributed by atoms with van der Waals surface area (Å²) in [5.41, 5.74) is 2.99. The number of amides is 1. The molecular weight excluding hydrogens is 373 g/mol. The van der Waals surface area contributed by atoms with Gasteiger partial charge in [-0.1, -0.05) is 22.0 Å². The molecule has 0 spiro atoms. The first kappa shape index (κ1) is 17.0. The van der Waals surface area contributed by atoms with Crippen molar-refractivity contribution in [2.75, 3.05) is 18.6 Å². The molecular formula is C19H19BrFNO2. The maximum absolute atomic E-state index is 13.7. The van der Waals surface area contributed by atoms with Crippen molar-refractivity contribution in [1.29, 1.82) is 0 Å². The fourth-order valence-corrected chi connectivity index (χ4v) is 3.48. The van der Waals surface area contributed by atoms with E-state index < -0.39 is 5.82 Å². The SMILES string of the molecule is COc1ccc(CCC(=O)N2CCCc3cc(Br)ccc32)cc1F. The second-order valence-corrected chi connectivity index (χ2v) is 6.81. The quantitative estimate of drug-likeness (QED) is 0.767. The van der Waals surface area contributed by atoms with Crippen LogP contribution >= 0.6 is 15.9 Å². The van der Waals surface area contributed by atoms with Crippen LogP contribution < -0.4 is 9.64 Å². The lowest BCUT2D eigenvalue weighted by molar-refractivity contribution is -0.118. The molecule has 1 aliphatic rings. The Labute approximate surface area is 149 Å². The van der Waals surface area contributed by atoms with Crippen LogP contribution in [0.25, 0.3) is 0 Å². The van der Waals surface area contributed by atoms with Crippen LogP contribution in [0.1, 0.15) is 24.0 Å². The molecule has 0 aromatic heterocycles. The Morgan fingerprint density at radius 3 is 2.88 bits per heavy atom. The number of benzene rings is 2. The summed E-state index contributed by atoms with van der Waals surface area (Å²) in [5.74, 6) is -0.0919. The lowest BCUT2D eigenvalue weighted by Crippen LogP contribution is -2.35. The van der Waals surface area contributed by atoms with Gasteiger partial charge in [-0.3, -0.25) is 4.79 Å². The summed E-state index contributed by atoms with van der Waals surface area (Å²) < 4.78 is 19.7. The van der Waals surface area contributed by atoms with E-state index in [1.807, 2.05) is 17.0 Å². The zero-order valence-electron chi connectivity index (χ0n) is 13.5. The van der Waals surface area contributed by atoms with Gasteiger partial charge in [0.25, 0.3) is 0 Å². The fraction of sp³-hybridized carbons (Fsp3) is 0.316. The van der Waals surface area contributed by atoms with Crippen LogP contribution in [0.5, 0.6) is 5.75 Å². The van der Waals surface area contributed by atoms with Crippen LogP contribution in [-0.2, 0) is 17.6 Å². The third-order valence-corrected chi connectivity index (χ3v) is 4.80. The van der Waals surface area contributed by atoms with Crippen LogP contribution in [0.3, 0.4) is 0 Å². The van der Waals surface area contributed by atoms with E-state index >= 15 is 0 Å². The van der Waals surface area contributed by atoms with Gasteiger partial charge in [0.15, 0.2) is 11.6 Å². The molecule has 1 heterocycles. The molecule has 0 saturated heterocycles. The number of hydrogen-bond donors (Lipinski definition) is 0. The third kappa shape index (κ3) is 3.61. The number of nitrogens with zero attached hydrogens (tertiary/aromatic N) is 1. The number of rotatable bonds is 4. The summed E-state index contributed by atoms with van der Waals surface area (Å²) in [5, 5.41) is 0. The summed E-state index contributed by atoms with van der Waals surface area (Å²) in [6, 6.07) is 10.9. The lowest BCUT2D eigenvalue weighted by Gasteiger charge is -2.29. The van der Waals surface area contributed by atoms with E-state index in [1.165, 1.54) is 18.7 Å². The molecule has 2 aromatic carbocycles. The highest BCUT2D eigenvalue weighted by Gasteiger charge is 2.22. The molecule has 24 heavy (non-hydrogen) atoms. The molecule has 3 nitrogen and oxygen atoms in total. The summed E-state index contributed by atoms with van der Waals surface area (Å²) >= 11 is 3.48. The Hall–Kier alpha value is -1.88. The minimum Gasteiger partial charge on any atom is -0.494 e. The molecule has 0 N–H and O–H groups in total. The molecule has 5 heteroatoms. The first-order valence-electron chi connectivity index (χ1n) is 7.99. The number of ether oxygens (including phenoxy) is 1. The lowest BCUT2D eigenvalue weighted by atomic mass is 10.0. The highest BCUT2D eigenvalue weighted by Crippen LogP contribution is 2.30. The first-order chi connectivity index (χ1) is 11.6. The van der Waals surface area contributed by atoms with Crippen molar-refractivity contribution in [3.63, 3.8) is 0 Å². The van der Waals surface area contributed by atoms with Crippen molar-refractivity contribution >= 4 is 27.5 Å². The highest BCUT2D eigenvalue weighted by molar-refractivity contribution is 9.10. The van der Waals surface area contributed by atoms with Crippen molar-refractivity contribution < 1.29 is 13.9 Å². The van der Waals surface area contributed by atoms with Crippen LogP contribution in [0.4, 0.5) is 10.1 Å². The highest BCUT2D eigenvalue weighted by atomic mass is 79.9. The van der Waals surface area contributed by atoms with Crippen molar-refractivity contribution in [3.8, 4) is 5.75 Å². The Bertz CT molecular complexity index is 763. The van der Waals surface area contributed by atoms with Gasteiger partial charge in [-0.15, -0.1) is 0 Å². The second kappa shape index (κ2) is 7.34. The van der Waals surface area contributed by atoms with E-state index in [0.29, 0.717) is 12.8 Å². The summed E-state index contributed by atoms with van der Waals surface area (Å²) in [7, 11) is 1.44. The van der Waals surface area contributed by atoms with Gasteiger partial charge < -0.3 is 9.64 Å². The van der Waals surface area contributed by atoms with Gasteiger partial charge in [-0.2, -0.15) is 0 Å². The molecule has 0 bridgehead atoms. The van der Waals surface area contributed by atoms with Crippen LogP contribution in [0.2, 0.25) is 0 Å². The fourth-order valence-electron chi connectivity index (χ4n) is 3.08. The molecule has 3 rings (SSSR count). The number of aryl methyl sites for hydroxylation is 2. The van der Waals surface area contributed by atoms with Crippen molar-refractivity contribution in [3.05, 3.63) is 57.8 Å². The number of carbonyl (C=O) groups is 1. The average Bonchev–Trinajstić information content (AvgIpc) is 2.59. The van der Waals surface area contributed by atoms with Gasteiger partial charge in [-0.25, -0.2) is 4.39 Å². The molecule has 0 unspecified atom stereocenters. The van der Waals surface area contributed by atoms with Gasteiger partial charge in [0.05, 0.1) is 7.11 Å². The van der Waals surface area contributed by atoms with E-state index in [4.69, 9.17) is 4.74 Å². The van der Waals surface area contributed by atoms with Crippen molar-refractivity contribution in [2.45, 2.75) is 25.7 Å². The van der Waals surface area contributed by atoms with E-state index in [2.05, 4.69) is 22.0 Å². The van der Waals surface area contributed by atoms with Gasteiger partial charge in [-0.05, 0) is 60.7 Å². The number of methoxy groups -OCH3 is 1. The maximum atomic E-state index is 13.7. The van der Waals surface area contributed by atoms with E-state index in [-0.39, 0.29) is 11.7 Å². The number of carbonyl (C=O) groups excluding carboxylic acids is 1. The normalized spacial score (nSPS) is 13.5. The minimum atomic E-state index is -0.393. The predicted molar refractivity (Wildman–Crippen MR) is 96.1 cm³/mol. The molecule has 0 saturated carbocycles. The van der Waals surface area contributed by atoms with Crippen molar-refractivity contribution in [2.24, 2.45) is 0 Å². The summed E-state index contributed by atoms with van der Waals surface area (Å²) in [6.07, 6.45) is 2.83. The zero-order valence-corrected chi connectivity index (χ0v) is 15.1.